The van der Waals surface area contributed by atoms with E-state index >= 15 is 0 Å². The van der Waals surface area contributed by atoms with Crippen LogP contribution in [0.1, 0.15) is 28.8 Å². The van der Waals surface area contributed by atoms with Crippen LogP contribution in [0.2, 0.25) is 0 Å². The van der Waals surface area contributed by atoms with Gasteiger partial charge in [-0.15, -0.1) is 0 Å². The van der Waals surface area contributed by atoms with E-state index in [4.69, 9.17) is 9.15 Å². The predicted octanol–water partition coefficient (Wildman–Crippen LogP) is 3.69. The molecule has 0 saturated carbocycles. The second-order valence-corrected chi connectivity index (χ2v) is 10.8. The van der Waals surface area contributed by atoms with Gasteiger partial charge in [0.1, 0.15) is 5.58 Å². The fraction of sp³-hybridized carbons (Fsp3) is 0.400. The Morgan fingerprint density at radius 3 is 2.82 bits per heavy atom. The van der Waals surface area contributed by atoms with Gasteiger partial charge in [-0.3, -0.25) is 9.10 Å². The van der Waals surface area contributed by atoms with Gasteiger partial charge < -0.3 is 14.1 Å². The van der Waals surface area contributed by atoms with Crippen molar-refractivity contribution >= 4 is 32.6 Å². The minimum atomic E-state index is -3.33. The number of sulfonamides is 1. The molecule has 2 aliphatic heterocycles. The molecule has 174 valence electrons. The third-order valence-corrected chi connectivity index (χ3v) is 8.32. The van der Waals surface area contributed by atoms with Gasteiger partial charge in [-0.1, -0.05) is 18.2 Å². The monoisotopic (exact) mass is 468 g/mol. The Morgan fingerprint density at radius 1 is 1.06 bits per heavy atom. The number of amides is 1. The van der Waals surface area contributed by atoms with E-state index in [1.165, 1.54) is 9.87 Å². The summed E-state index contributed by atoms with van der Waals surface area (Å²) in [6.45, 7) is 2.62. The molecule has 7 nitrogen and oxygen atoms in total. The molecule has 2 fully saturated rings. The summed E-state index contributed by atoms with van der Waals surface area (Å²) in [6.07, 6.45) is 3.99. The SMILES string of the molecule is O=C(c1cccc(N2CCCCS2(=O)=O)c1)N1CCOC[C@H](Cc2cccc3occc23)C1. The van der Waals surface area contributed by atoms with Crippen molar-refractivity contribution in [2.45, 2.75) is 19.3 Å². The molecule has 0 bridgehead atoms. The standard InChI is InChI=1S/C25H28N2O5S/c28-25(21-6-3-7-22(16-21)27-10-1-2-14-33(27,29)30)26-11-13-31-18-19(17-26)15-20-5-4-8-24-23(20)9-12-32-24/h3-9,12,16,19H,1-2,10-11,13-15,17-18H2/t19-/m1/s1. The average molecular weight is 469 g/mol. The first-order valence-electron chi connectivity index (χ1n) is 11.4. The summed E-state index contributed by atoms with van der Waals surface area (Å²) in [5.74, 6) is 0.214. The lowest BCUT2D eigenvalue weighted by atomic mass is 9.97. The molecule has 0 spiro atoms. The van der Waals surface area contributed by atoms with Gasteiger partial charge in [-0.05, 0) is 55.2 Å². The topological polar surface area (TPSA) is 80.1 Å². The lowest BCUT2D eigenvalue weighted by molar-refractivity contribution is 0.0737. The fourth-order valence-corrected chi connectivity index (χ4v) is 6.42. The molecular weight excluding hydrogens is 440 g/mol. The van der Waals surface area contributed by atoms with Crippen LogP contribution in [0.15, 0.2) is 59.2 Å². The van der Waals surface area contributed by atoms with E-state index < -0.39 is 10.0 Å². The Kier molecular flexibility index (Phi) is 6.12. The van der Waals surface area contributed by atoms with Crippen molar-refractivity contribution in [1.82, 2.24) is 4.90 Å². The molecule has 3 heterocycles. The van der Waals surface area contributed by atoms with E-state index in [0.717, 1.165) is 23.8 Å². The summed E-state index contributed by atoms with van der Waals surface area (Å²) >= 11 is 0. The maximum absolute atomic E-state index is 13.4. The highest BCUT2D eigenvalue weighted by Crippen LogP contribution is 2.26. The molecule has 5 rings (SSSR count). The summed E-state index contributed by atoms with van der Waals surface area (Å²) in [4.78, 5) is 15.2. The van der Waals surface area contributed by atoms with E-state index in [1.807, 2.05) is 23.1 Å². The zero-order valence-corrected chi connectivity index (χ0v) is 19.3. The summed E-state index contributed by atoms with van der Waals surface area (Å²) in [5, 5.41) is 1.09. The minimum Gasteiger partial charge on any atom is -0.464 e. The van der Waals surface area contributed by atoms with Gasteiger partial charge in [-0.25, -0.2) is 8.42 Å². The molecule has 0 unspecified atom stereocenters. The van der Waals surface area contributed by atoms with Crippen molar-refractivity contribution < 1.29 is 22.4 Å². The zero-order valence-electron chi connectivity index (χ0n) is 18.5. The van der Waals surface area contributed by atoms with Gasteiger partial charge in [-0.2, -0.15) is 0 Å². The largest absolute Gasteiger partial charge is 0.464 e. The highest BCUT2D eigenvalue weighted by molar-refractivity contribution is 7.92. The number of nitrogens with zero attached hydrogens (tertiary/aromatic N) is 2. The number of hydrogen-bond acceptors (Lipinski definition) is 5. The number of benzene rings is 2. The van der Waals surface area contributed by atoms with E-state index in [2.05, 4.69) is 6.07 Å². The smallest absolute Gasteiger partial charge is 0.254 e. The number of furan rings is 1. The molecule has 2 saturated heterocycles. The number of carbonyl (C=O) groups excluding carboxylic acids is 1. The van der Waals surface area contributed by atoms with Crippen LogP contribution in [0.3, 0.4) is 0 Å². The van der Waals surface area contributed by atoms with Gasteiger partial charge in [0.25, 0.3) is 5.91 Å². The number of rotatable bonds is 4. The van der Waals surface area contributed by atoms with E-state index in [1.54, 1.807) is 30.5 Å². The number of fused-ring (bicyclic) bond motifs is 1. The minimum absolute atomic E-state index is 0.0942. The maximum atomic E-state index is 13.4. The van der Waals surface area contributed by atoms with Crippen LogP contribution in [0.5, 0.6) is 0 Å². The Bertz CT molecular complexity index is 1250. The van der Waals surface area contributed by atoms with Gasteiger partial charge in [0, 0.05) is 36.5 Å². The Balaban J connectivity index is 1.34. The number of hydrogen-bond donors (Lipinski definition) is 0. The highest BCUT2D eigenvalue weighted by Gasteiger charge is 2.28. The summed E-state index contributed by atoms with van der Waals surface area (Å²) in [6, 6.07) is 15.0. The van der Waals surface area contributed by atoms with Crippen LogP contribution in [0.25, 0.3) is 11.0 Å². The van der Waals surface area contributed by atoms with Crippen LogP contribution in [0.4, 0.5) is 5.69 Å². The third kappa shape index (κ3) is 4.63. The molecule has 2 aromatic carbocycles. The molecular formula is C25H28N2O5S. The van der Waals surface area contributed by atoms with Crippen LogP contribution in [-0.4, -0.2) is 57.8 Å². The Morgan fingerprint density at radius 2 is 1.94 bits per heavy atom. The molecule has 1 aromatic heterocycles. The van der Waals surface area contributed by atoms with Gasteiger partial charge >= 0.3 is 0 Å². The lowest BCUT2D eigenvalue weighted by Gasteiger charge is -2.29. The first-order valence-corrected chi connectivity index (χ1v) is 13.0. The Labute approximate surface area is 194 Å². The van der Waals surface area contributed by atoms with Crippen LogP contribution in [-0.2, 0) is 21.2 Å². The van der Waals surface area contributed by atoms with Crippen molar-refractivity contribution in [3.8, 4) is 0 Å². The number of ether oxygens (including phenoxy) is 1. The molecule has 0 N–H and O–H groups in total. The molecule has 0 aliphatic carbocycles. The average Bonchev–Trinajstić information content (AvgIpc) is 3.18. The van der Waals surface area contributed by atoms with E-state index in [9.17, 15) is 13.2 Å². The van der Waals surface area contributed by atoms with Crippen molar-refractivity contribution in [1.29, 1.82) is 0 Å². The van der Waals surface area contributed by atoms with Gasteiger partial charge in [0.2, 0.25) is 10.0 Å². The predicted molar refractivity (Wildman–Crippen MR) is 127 cm³/mol. The molecule has 0 radical (unpaired) electrons. The van der Waals surface area contributed by atoms with Crippen molar-refractivity contribution in [3.05, 3.63) is 65.9 Å². The third-order valence-electron chi connectivity index (χ3n) is 6.45. The molecule has 8 heteroatoms. The maximum Gasteiger partial charge on any atom is 0.254 e. The number of anilines is 1. The van der Waals surface area contributed by atoms with Crippen LogP contribution < -0.4 is 4.31 Å². The lowest BCUT2D eigenvalue weighted by Crippen LogP contribution is -2.38. The molecule has 1 atom stereocenters. The number of carbonyl (C=O) groups is 1. The second kappa shape index (κ2) is 9.19. The first kappa shape index (κ1) is 22.0. The van der Waals surface area contributed by atoms with Gasteiger partial charge in [0.05, 0.1) is 30.9 Å². The van der Waals surface area contributed by atoms with Crippen molar-refractivity contribution in [3.63, 3.8) is 0 Å². The molecule has 2 aliphatic rings. The van der Waals surface area contributed by atoms with Gasteiger partial charge in [0.15, 0.2) is 0 Å². The van der Waals surface area contributed by atoms with Crippen molar-refractivity contribution in [2.75, 3.05) is 42.9 Å². The first-order chi connectivity index (χ1) is 16.0. The fourth-order valence-electron chi connectivity index (χ4n) is 4.79. The normalized spacial score (nSPS) is 21.2. The zero-order chi connectivity index (χ0) is 22.8. The van der Waals surface area contributed by atoms with Crippen molar-refractivity contribution in [2.24, 2.45) is 5.92 Å². The molecule has 1 amide bonds. The molecule has 3 aromatic rings. The highest BCUT2D eigenvalue weighted by atomic mass is 32.2. The molecule has 33 heavy (non-hydrogen) atoms. The van der Waals surface area contributed by atoms with Crippen LogP contribution in [0, 0.1) is 5.92 Å². The Hall–Kier alpha value is -2.84. The quantitative estimate of drug-likeness (QED) is 0.583. The summed E-state index contributed by atoms with van der Waals surface area (Å²) in [7, 11) is -3.33. The van der Waals surface area contributed by atoms with Crippen LogP contribution >= 0.6 is 0 Å². The second-order valence-electron chi connectivity index (χ2n) is 8.79. The summed E-state index contributed by atoms with van der Waals surface area (Å²) in [5.41, 5.74) is 3.11. The van der Waals surface area contributed by atoms with E-state index in [0.29, 0.717) is 50.5 Å². The van der Waals surface area contributed by atoms with E-state index in [-0.39, 0.29) is 17.6 Å². The summed E-state index contributed by atoms with van der Waals surface area (Å²) < 4.78 is 37.8.